The normalized spacial score (nSPS) is 24.8. The topological polar surface area (TPSA) is 6.48 Å². The van der Waals surface area contributed by atoms with E-state index in [9.17, 15) is 0 Å². The lowest BCUT2D eigenvalue weighted by molar-refractivity contribution is 0.122. The smallest absolute Gasteiger partial charge is 0.00405 e. The van der Waals surface area contributed by atoms with E-state index in [1.807, 2.05) is 0 Å². The molecule has 0 aromatic carbocycles. The Kier molecular flexibility index (Phi) is 5.40. The molecule has 2 fully saturated rings. The largest absolute Gasteiger partial charge is 0.303 e. The molecular weight excluding hydrogens is 240 g/mol. The first-order valence-corrected chi connectivity index (χ1v) is 8.28. The van der Waals surface area contributed by atoms with Crippen molar-refractivity contribution in [3.63, 3.8) is 0 Å². The molecule has 0 aromatic heterocycles. The van der Waals surface area contributed by atoms with Crippen LogP contribution in [0.2, 0.25) is 0 Å². The Balaban J connectivity index is 1.67. The molecule has 2 saturated heterocycles. The lowest BCUT2D eigenvalue weighted by atomic mass is 9.91. The third-order valence-corrected chi connectivity index (χ3v) is 5.36. The molecular formula is C15H30N2S. The first-order valence-electron chi connectivity index (χ1n) is 7.65. The summed E-state index contributed by atoms with van der Waals surface area (Å²) < 4.78 is 0. The number of piperidine rings is 1. The summed E-state index contributed by atoms with van der Waals surface area (Å²) in [4.78, 5) is 5.33. The number of rotatable bonds is 5. The average Bonchev–Trinajstić information content (AvgIpc) is 2.84. The van der Waals surface area contributed by atoms with Gasteiger partial charge < -0.3 is 9.80 Å². The van der Waals surface area contributed by atoms with Crippen LogP contribution in [0, 0.1) is 11.3 Å². The van der Waals surface area contributed by atoms with Crippen molar-refractivity contribution in [2.24, 2.45) is 11.3 Å². The molecule has 2 heterocycles. The van der Waals surface area contributed by atoms with Crippen LogP contribution in [0.5, 0.6) is 0 Å². The van der Waals surface area contributed by atoms with Crippen molar-refractivity contribution in [1.29, 1.82) is 0 Å². The third kappa shape index (κ3) is 4.43. The highest BCUT2D eigenvalue weighted by Crippen LogP contribution is 2.24. The standard InChI is InChI=1S/C15H30N2S/c1-15(2,13-18)12-17-9-5-14(6-10-17)11-16-7-3-4-8-16/h14,18H,3-13H2,1-2H3. The summed E-state index contributed by atoms with van der Waals surface area (Å²) in [7, 11) is 0. The van der Waals surface area contributed by atoms with Gasteiger partial charge in [-0.3, -0.25) is 0 Å². The molecule has 18 heavy (non-hydrogen) atoms. The van der Waals surface area contributed by atoms with E-state index in [1.54, 1.807) is 0 Å². The quantitative estimate of drug-likeness (QED) is 0.768. The van der Waals surface area contributed by atoms with Crippen molar-refractivity contribution < 1.29 is 0 Å². The zero-order chi connectivity index (χ0) is 13.0. The number of likely N-dealkylation sites (tertiary alicyclic amines) is 2. The second kappa shape index (κ2) is 6.62. The van der Waals surface area contributed by atoms with E-state index in [0.29, 0.717) is 5.41 Å². The van der Waals surface area contributed by atoms with Crippen LogP contribution in [0.1, 0.15) is 39.5 Å². The van der Waals surface area contributed by atoms with Gasteiger partial charge in [0.1, 0.15) is 0 Å². The Morgan fingerprint density at radius 1 is 1.00 bits per heavy atom. The highest BCUT2D eigenvalue weighted by molar-refractivity contribution is 7.80. The van der Waals surface area contributed by atoms with E-state index in [0.717, 1.165) is 11.7 Å². The monoisotopic (exact) mass is 270 g/mol. The van der Waals surface area contributed by atoms with Gasteiger partial charge in [-0.25, -0.2) is 0 Å². The Bertz CT molecular complexity index is 241. The average molecular weight is 270 g/mol. The minimum absolute atomic E-state index is 0.366. The fourth-order valence-electron chi connectivity index (χ4n) is 3.31. The van der Waals surface area contributed by atoms with Crippen molar-refractivity contribution in [1.82, 2.24) is 9.80 Å². The Hall–Kier alpha value is 0.270. The highest BCUT2D eigenvalue weighted by atomic mass is 32.1. The maximum atomic E-state index is 4.46. The maximum absolute atomic E-state index is 4.46. The zero-order valence-electron chi connectivity index (χ0n) is 12.2. The van der Waals surface area contributed by atoms with Gasteiger partial charge in [-0.05, 0) is 68.9 Å². The van der Waals surface area contributed by atoms with Crippen LogP contribution in [0.4, 0.5) is 0 Å². The molecule has 0 spiro atoms. The van der Waals surface area contributed by atoms with Crippen molar-refractivity contribution in [2.75, 3.05) is 45.0 Å². The minimum Gasteiger partial charge on any atom is -0.303 e. The van der Waals surface area contributed by atoms with Crippen LogP contribution in [-0.2, 0) is 0 Å². The van der Waals surface area contributed by atoms with Gasteiger partial charge in [0.15, 0.2) is 0 Å². The van der Waals surface area contributed by atoms with E-state index in [4.69, 9.17) is 0 Å². The van der Waals surface area contributed by atoms with Crippen LogP contribution in [0.3, 0.4) is 0 Å². The van der Waals surface area contributed by atoms with Crippen LogP contribution in [0.15, 0.2) is 0 Å². The van der Waals surface area contributed by atoms with E-state index in [2.05, 4.69) is 36.3 Å². The fraction of sp³-hybridized carbons (Fsp3) is 1.00. The van der Waals surface area contributed by atoms with Crippen molar-refractivity contribution in [3.8, 4) is 0 Å². The molecule has 0 unspecified atom stereocenters. The number of thiol groups is 1. The fourth-order valence-corrected chi connectivity index (χ4v) is 3.41. The summed E-state index contributed by atoms with van der Waals surface area (Å²) >= 11 is 4.46. The Morgan fingerprint density at radius 2 is 1.61 bits per heavy atom. The first kappa shape index (κ1) is 14.7. The SMILES string of the molecule is CC(C)(CS)CN1CCC(CN2CCCC2)CC1. The molecule has 3 heteroatoms. The molecule has 0 radical (unpaired) electrons. The lowest BCUT2D eigenvalue weighted by Crippen LogP contribution is -2.42. The van der Waals surface area contributed by atoms with Gasteiger partial charge in [-0.15, -0.1) is 0 Å². The predicted octanol–water partition coefficient (Wildman–Crippen LogP) is 2.75. The molecule has 0 aromatic rings. The summed E-state index contributed by atoms with van der Waals surface area (Å²) in [6, 6.07) is 0. The number of nitrogens with zero attached hydrogens (tertiary/aromatic N) is 2. The van der Waals surface area contributed by atoms with Gasteiger partial charge in [0, 0.05) is 13.1 Å². The number of hydrogen-bond donors (Lipinski definition) is 1. The summed E-state index contributed by atoms with van der Waals surface area (Å²) in [5.74, 6) is 1.94. The summed E-state index contributed by atoms with van der Waals surface area (Å²) in [6.45, 7) is 12.6. The highest BCUT2D eigenvalue weighted by Gasteiger charge is 2.26. The first-order chi connectivity index (χ1) is 8.59. The molecule has 0 saturated carbocycles. The van der Waals surface area contributed by atoms with Gasteiger partial charge in [0.25, 0.3) is 0 Å². The summed E-state index contributed by atoms with van der Waals surface area (Å²) in [5, 5.41) is 0. The Morgan fingerprint density at radius 3 is 2.17 bits per heavy atom. The van der Waals surface area contributed by atoms with Gasteiger partial charge in [-0.1, -0.05) is 13.8 Å². The maximum Gasteiger partial charge on any atom is 0.00405 e. The molecule has 2 rings (SSSR count). The molecule has 0 bridgehead atoms. The van der Waals surface area contributed by atoms with Crippen molar-refractivity contribution in [2.45, 2.75) is 39.5 Å². The second-order valence-electron chi connectivity index (χ2n) is 7.05. The molecule has 0 N–H and O–H groups in total. The van der Waals surface area contributed by atoms with E-state index in [1.165, 1.54) is 65.0 Å². The van der Waals surface area contributed by atoms with E-state index < -0.39 is 0 Å². The zero-order valence-corrected chi connectivity index (χ0v) is 13.1. The molecule has 0 atom stereocenters. The van der Waals surface area contributed by atoms with Crippen LogP contribution in [-0.4, -0.2) is 54.8 Å². The molecule has 2 aliphatic rings. The summed E-state index contributed by atoms with van der Waals surface area (Å²) in [6.07, 6.45) is 5.66. The number of hydrogen-bond acceptors (Lipinski definition) is 3. The van der Waals surface area contributed by atoms with E-state index >= 15 is 0 Å². The molecule has 0 amide bonds. The molecule has 2 nitrogen and oxygen atoms in total. The lowest BCUT2D eigenvalue weighted by Gasteiger charge is -2.37. The minimum atomic E-state index is 0.366. The third-order valence-electron chi connectivity index (χ3n) is 4.50. The molecule has 106 valence electrons. The van der Waals surface area contributed by atoms with Crippen LogP contribution in [0.25, 0.3) is 0 Å². The predicted molar refractivity (Wildman–Crippen MR) is 82.5 cm³/mol. The van der Waals surface area contributed by atoms with Crippen molar-refractivity contribution in [3.05, 3.63) is 0 Å². The van der Waals surface area contributed by atoms with Gasteiger partial charge in [-0.2, -0.15) is 12.6 Å². The second-order valence-corrected chi connectivity index (χ2v) is 7.37. The van der Waals surface area contributed by atoms with Crippen molar-refractivity contribution >= 4 is 12.6 Å². The van der Waals surface area contributed by atoms with Crippen LogP contribution >= 0.6 is 12.6 Å². The van der Waals surface area contributed by atoms with E-state index in [-0.39, 0.29) is 0 Å². The van der Waals surface area contributed by atoms with Crippen LogP contribution < -0.4 is 0 Å². The van der Waals surface area contributed by atoms with Gasteiger partial charge >= 0.3 is 0 Å². The molecule has 2 aliphatic heterocycles. The van der Waals surface area contributed by atoms with Gasteiger partial charge in [0.05, 0.1) is 0 Å². The molecule has 0 aliphatic carbocycles. The summed E-state index contributed by atoms with van der Waals surface area (Å²) in [5.41, 5.74) is 0.366. The Labute approximate surface area is 119 Å². The van der Waals surface area contributed by atoms with Gasteiger partial charge in [0.2, 0.25) is 0 Å².